The molecule has 0 atom stereocenters. The van der Waals surface area contributed by atoms with Crippen LogP contribution in [0.4, 0.5) is 13.2 Å². The first-order valence-corrected chi connectivity index (χ1v) is 6.58. The van der Waals surface area contributed by atoms with Gasteiger partial charge in [-0.3, -0.25) is 0 Å². The minimum Gasteiger partial charge on any atom is -0.404 e. The zero-order valence-electron chi connectivity index (χ0n) is 9.90. The summed E-state index contributed by atoms with van der Waals surface area (Å²) in [5.74, 6) is -0.778. The van der Waals surface area contributed by atoms with Crippen molar-refractivity contribution < 1.29 is 31.1 Å². The summed E-state index contributed by atoms with van der Waals surface area (Å²) in [5, 5.41) is 0. The van der Waals surface area contributed by atoms with Gasteiger partial charge in [0, 0.05) is 13.7 Å². The molecule has 0 amide bonds. The molecule has 0 aliphatic heterocycles. The first-order valence-electron chi connectivity index (χ1n) is 5.09. The lowest BCUT2D eigenvalue weighted by atomic mass is 10.3. The fraction of sp³-hybridized carbons (Fsp3) is 0.400. The molecule has 1 rings (SSSR count). The Kier molecular flexibility index (Phi) is 5.15. The van der Waals surface area contributed by atoms with Crippen molar-refractivity contribution in [3.63, 3.8) is 0 Å². The zero-order valence-corrected chi connectivity index (χ0v) is 10.7. The Morgan fingerprint density at radius 2 is 1.89 bits per heavy atom. The Morgan fingerprint density at radius 3 is 2.47 bits per heavy atom. The molecule has 0 spiro atoms. The molecule has 108 valence electrons. The van der Waals surface area contributed by atoms with Gasteiger partial charge in [0.2, 0.25) is 10.0 Å². The predicted molar refractivity (Wildman–Crippen MR) is 60.2 cm³/mol. The summed E-state index contributed by atoms with van der Waals surface area (Å²) < 4.78 is 70.5. The van der Waals surface area contributed by atoms with Gasteiger partial charge in [0.05, 0.1) is 6.61 Å². The van der Waals surface area contributed by atoms with Crippen molar-refractivity contribution in [3.05, 3.63) is 24.3 Å². The summed E-state index contributed by atoms with van der Waals surface area (Å²) in [6, 6.07) is 4.50. The van der Waals surface area contributed by atoms with Gasteiger partial charge in [0.25, 0.3) is 0 Å². The lowest BCUT2D eigenvalue weighted by molar-refractivity contribution is -0.275. The Balaban J connectivity index is 2.99. The SMILES string of the molecule is COCCNS(=O)(=O)c1ccccc1OC(F)(F)F. The molecule has 0 aliphatic rings. The van der Waals surface area contributed by atoms with E-state index < -0.39 is 27.0 Å². The van der Waals surface area contributed by atoms with E-state index in [2.05, 4.69) is 14.2 Å². The van der Waals surface area contributed by atoms with Crippen molar-refractivity contribution in [2.75, 3.05) is 20.3 Å². The molecule has 1 aromatic rings. The first-order chi connectivity index (χ1) is 8.76. The summed E-state index contributed by atoms with van der Waals surface area (Å²) in [6.45, 7) is 0.0424. The second-order valence-electron chi connectivity index (χ2n) is 3.39. The summed E-state index contributed by atoms with van der Waals surface area (Å²) >= 11 is 0. The maximum absolute atomic E-state index is 12.2. The topological polar surface area (TPSA) is 64.6 Å². The molecule has 0 unspecified atom stereocenters. The quantitative estimate of drug-likeness (QED) is 0.809. The molecule has 1 aromatic carbocycles. The third-order valence-electron chi connectivity index (χ3n) is 1.96. The fourth-order valence-corrected chi connectivity index (χ4v) is 2.38. The second kappa shape index (κ2) is 6.22. The number of halogens is 3. The van der Waals surface area contributed by atoms with Gasteiger partial charge in [-0.15, -0.1) is 13.2 Å². The number of methoxy groups -OCH3 is 1. The highest BCUT2D eigenvalue weighted by Gasteiger charge is 2.33. The largest absolute Gasteiger partial charge is 0.573 e. The van der Waals surface area contributed by atoms with Crippen LogP contribution in [-0.4, -0.2) is 35.0 Å². The standard InChI is InChI=1S/C10H12F3NO4S/c1-17-7-6-14-19(15,16)9-5-3-2-4-8(9)18-10(11,12)13/h2-5,14H,6-7H2,1H3. The number of hydrogen-bond donors (Lipinski definition) is 1. The molecule has 1 N–H and O–H groups in total. The highest BCUT2D eigenvalue weighted by atomic mass is 32.2. The second-order valence-corrected chi connectivity index (χ2v) is 5.12. The van der Waals surface area contributed by atoms with Crippen LogP contribution in [0.3, 0.4) is 0 Å². The zero-order chi connectivity index (χ0) is 14.5. The number of alkyl halides is 3. The van der Waals surface area contributed by atoms with E-state index in [-0.39, 0.29) is 13.2 Å². The average Bonchev–Trinajstić information content (AvgIpc) is 2.27. The van der Waals surface area contributed by atoms with E-state index in [0.717, 1.165) is 12.1 Å². The van der Waals surface area contributed by atoms with Gasteiger partial charge in [-0.25, -0.2) is 13.1 Å². The van der Waals surface area contributed by atoms with Gasteiger partial charge in [-0.2, -0.15) is 0 Å². The molecular weight excluding hydrogens is 287 g/mol. The van der Waals surface area contributed by atoms with Gasteiger partial charge in [0.1, 0.15) is 10.6 Å². The van der Waals surface area contributed by atoms with Crippen LogP contribution in [0.5, 0.6) is 5.75 Å². The minimum atomic E-state index is -4.96. The third kappa shape index (κ3) is 5.05. The summed E-state index contributed by atoms with van der Waals surface area (Å²) in [4.78, 5) is -0.580. The van der Waals surface area contributed by atoms with Crippen molar-refractivity contribution in [2.24, 2.45) is 0 Å². The predicted octanol–water partition coefficient (Wildman–Crippen LogP) is 1.51. The van der Waals surface area contributed by atoms with E-state index in [9.17, 15) is 21.6 Å². The molecule has 0 saturated heterocycles. The molecular formula is C10H12F3NO4S. The van der Waals surface area contributed by atoms with Crippen molar-refractivity contribution >= 4 is 10.0 Å². The van der Waals surface area contributed by atoms with Crippen LogP contribution >= 0.6 is 0 Å². The van der Waals surface area contributed by atoms with Gasteiger partial charge in [0.15, 0.2) is 0 Å². The number of benzene rings is 1. The maximum atomic E-state index is 12.2. The van der Waals surface area contributed by atoms with Crippen LogP contribution in [-0.2, 0) is 14.8 Å². The molecule has 0 fully saturated rings. The highest BCUT2D eigenvalue weighted by Crippen LogP contribution is 2.28. The van der Waals surface area contributed by atoms with Crippen molar-refractivity contribution in [1.29, 1.82) is 0 Å². The van der Waals surface area contributed by atoms with Crippen LogP contribution in [0, 0.1) is 0 Å². The van der Waals surface area contributed by atoms with Crippen molar-refractivity contribution in [3.8, 4) is 5.75 Å². The molecule has 5 nitrogen and oxygen atoms in total. The monoisotopic (exact) mass is 299 g/mol. The number of hydrogen-bond acceptors (Lipinski definition) is 4. The minimum absolute atomic E-state index is 0.0564. The van der Waals surface area contributed by atoms with Crippen molar-refractivity contribution in [2.45, 2.75) is 11.3 Å². The van der Waals surface area contributed by atoms with Crippen LogP contribution in [0.25, 0.3) is 0 Å². The van der Waals surface area contributed by atoms with E-state index in [1.807, 2.05) is 0 Å². The molecule has 0 aliphatic carbocycles. The smallest absolute Gasteiger partial charge is 0.404 e. The van der Waals surface area contributed by atoms with Gasteiger partial charge < -0.3 is 9.47 Å². The Hall–Kier alpha value is -1.32. The van der Waals surface area contributed by atoms with Crippen LogP contribution in [0.15, 0.2) is 29.2 Å². The Labute approximate surface area is 108 Å². The molecule has 0 saturated carbocycles. The highest BCUT2D eigenvalue weighted by molar-refractivity contribution is 7.89. The van der Waals surface area contributed by atoms with E-state index in [1.54, 1.807) is 0 Å². The normalized spacial score (nSPS) is 12.4. The summed E-state index contributed by atoms with van der Waals surface area (Å²) in [7, 11) is -2.72. The third-order valence-corrected chi connectivity index (χ3v) is 3.46. The maximum Gasteiger partial charge on any atom is 0.573 e. The lowest BCUT2D eigenvalue weighted by Crippen LogP contribution is -2.28. The Bertz CT molecular complexity index is 516. The molecule has 0 aromatic heterocycles. The van der Waals surface area contributed by atoms with Gasteiger partial charge in [-0.05, 0) is 12.1 Å². The number of nitrogens with one attached hydrogen (secondary N) is 1. The van der Waals surface area contributed by atoms with E-state index in [1.165, 1.54) is 19.2 Å². The molecule has 19 heavy (non-hydrogen) atoms. The van der Waals surface area contributed by atoms with E-state index in [0.29, 0.717) is 0 Å². The van der Waals surface area contributed by atoms with Gasteiger partial charge >= 0.3 is 6.36 Å². The van der Waals surface area contributed by atoms with Crippen LogP contribution in [0.1, 0.15) is 0 Å². The summed E-state index contributed by atoms with van der Waals surface area (Å²) in [5.41, 5.74) is 0. The lowest BCUT2D eigenvalue weighted by Gasteiger charge is -2.13. The number of rotatable bonds is 6. The number of ether oxygens (including phenoxy) is 2. The van der Waals surface area contributed by atoms with E-state index in [4.69, 9.17) is 0 Å². The Morgan fingerprint density at radius 1 is 1.26 bits per heavy atom. The fourth-order valence-electron chi connectivity index (χ4n) is 1.24. The molecule has 9 heteroatoms. The first kappa shape index (κ1) is 15.7. The van der Waals surface area contributed by atoms with Crippen LogP contribution < -0.4 is 9.46 Å². The number of para-hydroxylation sites is 1. The van der Waals surface area contributed by atoms with Crippen LogP contribution in [0.2, 0.25) is 0 Å². The van der Waals surface area contributed by atoms with Gasteiger partial charge in [-0.1, -0.05) is 12.1 Å². The molecule has 0 bridgehead atoms. The van der Waals surface area contributed by atoms with E-state index >= 15 is 0 Å². The van der Waals surface area contributed by atoms with Crippen molar-refractivity contribution in [1.82, 2.24) is 4.72 Å². The molecule has 0 heterocycles. The number of sulfonamides is 1. The summed E-state index contributed by atoms with van der Waals surface area (Å²) in [6.07, 6.45) is -4.96. The average molecular weight is 299 g/mol. The molecule has 0 radical (unpaired) electrons.